The highest BCUT2D eigenvalue weighted by molar-refractivity contribution is 6.28. The number of rotatable bonds is 5. The third-order valence-corrected chi connectivity index (χ3v) is 8.07. The number of nitrogens with two attached hydrogens (primary N) is 1. The molecule has 3 N–H and O–H groups in total. The number of likely N-dealkylation sites (tertiary alicyclic amines) is 1. The standard InChI is InChI=1S/C12H17ClN2.C12H21NO.C6H4F2.3C2H2/c1-2-3-11-10(4-5-12(13)15-11)9-6-7-14-8-9;14-10-13-9-5-4-8-12(13)11-6-2-1-3-7-11;7-5-2-1-3-6(8)4-5;3*1-2/h4-5,9,14H,2-3,6-8H2,1H3;10-12H,1-9H2;1-4H;3*1-2H/p+2/t9-;;;;;/m0...../s1. The molecule has 2 aromatic rings. The van der Waals surface area contributed by atoms with Gasteiger partial charge in [0.1, 0.15) is 11.6 Å². The number of carbonyl (C=O) groups excluding carboxylic acids is 1. The van der Waals surface area contributed by atoms with Crippen molar-refractivity contribution < 1.29 is 23.9 Å². The minimum atomic E-state index is -0.537. The number of hydrogen-bond donors (Lipinski definition) is 1. The summed E-state index contributed by atoms with van der Waals surface area (Å²) < 4.78 is 23.9. The zero-order valence-corrected chi connectivity index (χ0v) is 26.5. The Hall–Kier alpha value is -3.37. The molecule has 1 aromatic heterocycles. The maximum Gasteiger partial charge on any atom is 0.273 e. The van der Waals surface area contributed by atoms with Gasteiger partial charge in [-0.3, -0.25) is 4.79 Å². The second-order valence-corrected chi connectivity index (χ2v) is 10.9. The Bertz CT molecular complexity index is 1040. The Balaban J connectivity index is 0.000000584. The van der Waals surface area contributed by atoms with Crippen LogP contribution in [0, 0.1) is 56.1 Å². The molecule has 4 nitrogen and oxygen atoms in total. The van der Waals surface area contributed by atoms with Gasteiger partial charge >= 0.3 is 0 Å². The van der Waals surface area contributed by atoms with Crippen molar-refractivity contribution in [2.45, 2.75) is 89.5 Å². The number of carbonyl (C=O) groups is 1. The van der Waals surface area contributed by atoms with Crippen molar-refractivity contribution >= 4 is 18.0 Å². The highest BCUT2D eigenvalue weighted by atomic mass is 35.5. The van der Waals surface area contributed by atoms with E-state index in [9.17, 15) is 13.6 Å². The van der Waals surface area contributed by atoms with Crippen molar-refractivity contribution in [3.63, 3.8) is 0 Å². The number of benzene rings is 1. The van der Waals surface area contributed by atoms with Gasteiger partial charge < -0.3 is 10.2 Å². The topological polar surface area (TPSA) is 51.1 Å². The summed E-state index contributed by atoms with van der Waals surface area (Å²) in [5.41, 5.74) is 2.82. The molecule has 1 amide bonds. The first-order valence-electron chi connectivity index (χ1n) is 15.2. The second kappa shape index (κ2) is 25.2. The first-order valence-corrected chi connectivity index (χ1v) is 15.5. The smallest absolute Gasteiger partial charge is 0.273 e. The Labute approximate surface area is 264 Å². The molecule has 5 rings (SSSR count). The van der Waals surface area contributed by atoms with Crippen LogP contribution in [0.2, 0.25) is 5.15 Å². The van der Waals surface area contributed by atoms with Crippen LogP contribution >= 0.6 is 11.6 Å². The predicted molar refractivity (Wildman–Crippen MR) is 174 cm³/mol. The van der Waals surface area contributed by atoms with Gasteiger partial charge in [-0.2, -0.15) is 4.98 Å². The van der Waals surface area contributed by atoms with Crippen molar-refractivity contribution in [3.8, 4) is 38.5 Å². The summed E-state index contributed by atoms with van der Waals surface area (Å²) in [6.45, 7) is 5.70. The molecular formula is C36H50ClF2N3O+2. The molecule has 0 radical (unpaired) electrons. The number of aryl methyl sites for hydroxylation is 1. The van der Waals surface area contributed by atoms with Crippen molar-refractivity contribution in [1.29, 1.82) is 0 Å². The molecule has 43 heavy (non-hydrogen) atoms. The number of H-pyrrole nitrogens is 1. The third kappa shape index (κ3) is 15.1. The summed E-state index contributed by atoms with van der Waals surface area (Å²) in [6, 6.07) is 9.32. The highest BCUT2D eigenvalue weighted by Gasteiger charge is 2.29. The third-order valence-electron chi connectivity index (χ3n) is 7.85. The normalized spacial score (nSPS) is 19.0. The first-order chi connectivity index (χ1) is 21.0. The molecule has 7 heteroatoms. The molecule has 1 aliphatic carbocycles. The van der Waals surface area contributed by atoms with E-state index in [0.717, 1.165) is 42.4 Å². The minimum Gasteiger partial charge on any atom is -0.346 e. The summed E-state index contributed by atoms with van der Waals surface area (Å²) in [5.74, 6) is 0.462. The molecule has 3 aliphatic rings. The van der Waals surface area contributed by atoms with Crippen LogP contribution < -0.4 is 10.3 Å². The van der Waals surface area contributed by atoms with Crippen LogP contribution in [0.15, 0.2) is 36.4 Å². The number of piperidine rings is 1. The largest absolute Gasteiger partial charge is 0.346 e. The molecule has 3 heterocycles. The minimum absolute atomic E-state index is 0.537. The van der Waals surface area contributed by atoms with Gasteiger partial charge in [-0.25, -0.2) is 8.78 Å². The van der Waals surface area contributed by atoms with Gasteiger partial charge in [0.05, 0.1) is 13.1 Å². The van der Waals surface area contributed by atoms with Crippen molar-refractivity contribution in [1.82, 2.24) is 4.90 Å². The Morgan fingerprint density at radius 1 is 0.930 bits per heavy atom. The van der Waals surface area contributed by atoms with Crippen molar-refractivity contribution in [3.05, 3.63) is 64.4 Å². The quantitative estimate of drug-likeness (QED) is 0.235. The molecule has 2 atom stereocenters. The SMILES string of the molecule is C#C.C#C.C#C.CCCc1[nH+]c(Cl)ccc1[C@H]1CC[NH2+]C1.Fc1cccc(F)c1.O=CN1CCCCC1C1CCCCC1. The zero-order valence-electron chi connectivity index (χ0n) is 25.7. The van der Waals surface area contributed by atoms with Crippen LogP contribution in [0.3, 0.4) is 0 Å². The molecule has 3 fully saturated rings. The van der Waals surface area contributed by atoms with Crippen molar-refractivity contribution in [2.24, 2.45) is 5.92 Å². The number of aromatic amines is 1. The number of halogens is 3. The molecule has 1 aromatic carbocycles. The average Bonchev–Trinajstić information content (AvgIpc) is 3.60. The Morgan fingerprint density at radius 3 is 2.07 bits per heavy atom. The van der Waals surface area contributed by atoms with E-state index in [-0.39, 0.29) is 0 Å². The van der Waals surface area contributed by atoms with Gasteiger partial charge in [-0.1, -0.05) is 32.3 Å². The summed E-state index contributed by atoms with van der Waals surface area (Å²) in [5, 5.41) is 3.15. The summed E-state index contributed by atoms with van der Waals surface area (Å²) in [7, 11) is 0. The van der Waals surface area contributed by atoms with Gasteiger partial charge in [0, 0.05) is 49.0 Å². The predicted octanol–water partition coefficient (Wildman–Crippen LogP) is 6.45. The number of terminal acetylenes is 3. The molecule has 1 saturated carbocycles. The van der Waals surface area contributed by atoms with E-state index in [1.165, 1.54) is 107 Å². The lowest BCUT2D eigenvalue weighted by Gasteiger charge is -2.39. The number of nitrogens with one attached hydrogen (secondary N) is 1. The van der Waals surface area contributed by atoms with E-state index in [4.69, 9.17) is 11.6 Å². The van der Waals surface area contributed by atoms with E-state index in [1.807, 2.05) is 6.07 Å². The number of quaternary nitrogens is 1. The van der Waals surface area contributed by atoms with Gasteiger partial charge in [0.15, 0.2) is 5.69 Å². The van der Waals surface area contributed by atoms with Gasteiger partial charge in [0.2, 0.25) is 6.41 Å². The lowest BCUT2D eigenvalue weighted by Crippen LogP contribution is -2.81. The van der Waals surface area contributed by atoms with Crippen LogP contribution in [-0.2, 0) is 11.2 Å². The lowest BCUT2D eigenvalue weighted by molar-refractivity contribution is -0.636. The number of hydrogen-bond acceptors (Lipinski definition) is 1. The first kappa shape index (κ1) is 39.6. The number of amides is 1. The Kier molecular flexibility index (Phi) is 23.2. The van der Waals surface area contributed by atoms with E-state index in [2.05, 4.69) is 66.7 Å². The van der Waals surface area contributed by atoms with Gasteiger partial charge in [0.25, 0.3) is 5.15 Å². The fourth-order valence-electron chi connectivity index (χ4n) is 5.99. The number of pyridine rings is 1. The number of nitrogens with zero attached hydrogens (tertiary/aromatic N) is 1. The molecule has 2 aliphatic heterocycles. The summed E-state index contributed by atoms with van der Waals surface area (Å²) in [4.78, 5) is 16.3. The maximum atomic E-state index is 11.9. The van der Waals surface area contributed by atoms with Crippen LogP contribution in [0.4, 0.5) is 8.78 Å². The summed E-state index contributed by atoms with van der Waals surface area (Å²) in [6.07, 6.45) is 39.3. The fourth-order valence-corrected chi connectivity index (χ4v) is 6.17. The number of aromatic nitrogens is 1. The van der Waals surface area contributed by atoms with Gasteiger partial charge in [-0.05, 0) is 74.2 Å². The van der Waals surface area contributed by atoms with Crippen LogP contribution in [0.5, 0.6) is 0 Å². The molecule has 2 saturated heterocycles. The van der Waals surface area contributed by atoms with E-state index in [0.29, 0.717) is 6.04 Å². The molecular weight excluding hydrogens is 564 g/mol. The highest BCUT2D eigenvalue weighted by Crippen LogP contribution is 2.33. The molecule has 0 spiro atoms. The molecule has 234 valence electrons. The van der Waals surface area contributed by atoms with E-state index >= 15 is 0 Å². The van der Waals surface area contributed by atoms with Crippen LogP contribution in [-0.4, -0.2) is 37.0 Å². The molecule has 0 bridgehead atoms. The van der Waals surface area contributed by atoms with Crippen molar-refractivity contribution in [2.75, 3.05) is 19.6 Å². The molecule has 1 unspecified atom stereocenters. The zero-order chi connectivity index (χ0) is 32.5. The Morgan fingerprint density at radius 2 is 1.56 bits per heavy atom. The second-order valence-electron chi connectivity index (χ2n) is 10.5. The maximum absolute atomic E-state index is 11.9. The summed E-state index contributed by atoms with van der Waals surface area (Å²) >= 11 is 6.00. The van der Waals surface area contributed by atoms with E-state index in [1.54, 1.807) is 0 Å². The van der Waals surface area contributed by atoms with E-state index < -0.39 is 11.6 Å². The van der Waals surface area contributed by atoms with Crippen LogP contribution in [0.25, 0.3) is 0 Å². The van der Waals surface area contributed by atoms with Crippen LogP contribution in [0.1, 0.15) is 88.3 Å². The fraction of sp³-hybridized carbons (Fsp3) is 0.500. The lowest BCUT2D eigenvalue weighted by atomic mass is 9.80. The average molecular weight is 614 g/mol. The van der Waals surface area contributed by atoms with Gasteiger partial charge in [-0.15, -0.1) is 38.5 Å². The monoisotopic (exact) mass is 613 g/mol.